The number of Topliss-reactive ketones (excluding diaryl/α,β-unsaturated/α-hetero) is 1. The van der Waals surface area contributed by atoms with Crippen molar-refractivity contribution in [2.45, 2.75) is 121 Å². The van der Waals surface area contributed by atoms with Gasteiger partial charge in [0.2, 0.25) is 5.91 Å². The van der Waals surface area contributed by atoms with Gasteiger partial charge >= 0.3 is 11.8 Å². The van der Waals surface area contributed by atoms with Gasteiger partial charge in [-0.2, -0.15) is 0 Å². The van der Waals surface area contributed by atoms with Gasteiger partial charge in [0.25, 0.3) is 11.7 Å². The highest BCUT2D eigenvalue weighted by Gasteiger charge is 2.51. The van der Waals surface area contributed by atoms with Gasteiger partial charge < -0.3 is 59.8 Å². The number of nitrogens with zero attached hydrogens (tertiary/aromatic N) is 4. The first kappa shape index (κ1) is 54.7. The summed E-state index contributed by atoms with van der Waals surface area (Å²) < 4.78 is 24.9. The number of carbonyl (C=O) groups excluding carboxylic acids is 4. The molecule has 2 aromatic carbocycles. The fourth-order valence-corrected chi connectivity index (χ4v) is 10.4. The third-order valence-corrected chi connectivity index (χ3v) is 14.6. The second kappa shape index (κ2) is 22.4. The van der Waals surface area contributed by atoms with Gasteiger partial charge in [-0.15, -0.1) is 0 Å². The van der Waals surface area contributed by atoms with Gasteiger partial charge in [0.05, 0.1) is 47.6 Å². The molecule has 1 spiro atoms. The molecular formula is C51H71IN6O12. The van der Waals surface area contributed by atoms with Crippen molar-refractivity contribution in [2.75, 3.05) is 59.2 Å². The van der Waals surface area contributed by atoms with E-state index in [0.717, 1.165) is 6.54 Å². The number of amides is 2. The lowest BCUT2D eigenvalue weighted by atomic mass is 9.78. The number of esters is 1. The molecule has 4 heterocycles. The van der Waals surface area contributed by atoms with Gasteiger partial charge in [0.1, 0.15) is 34.0 Å². The summed E-state index contributed by atoms with van der Waals surface area (Å²) in [5.41, 5.74) is -0.230. The van der Waals surface area contributed by atoms with E-state index in [0.29, 0.717) is 48.6 Å². The summed E-state index contributed by atoms with van der Waals surface area (Å²) >= 11 is 2.40. The normalized spacial score (nSPS) is 30.4. The van der Waals surface area contributed by atoms with Gasteiger partial charge in [-0.1, -0.05) is 75.4 Å². The van der Waals surface area contributed by atoms with Crippen LogP contribution in [0.5, 0.6) is 17.2 Å². The molecule has 1 saturated heterocycles. The largest absolute Gasteiger partial charge is 0.507 e. The Morgan fingerprint density at radius 3 is 2.33 bits per heavy atom. The summed E-state index contributed by atoms with van der Waals surface area (Å²) in [6, 6.07) is 0. The van der Waals surface area contributed by atoms with E-state index in [-0.39, 0.29) is 62.7 Å². The number of halogens is 1. The third kappa shape index (κ3) is 11.5. The van der Waals surface area contributed by atoms with E-state index < -0.39 is 88.7 Å². The van der Waals surface area contributed by atoms with E-state index in [2.05, 4.69) is 50.0 Å². The molecular weight excluding hydrogens is 1020 g/mol. The van der Waals surface area contributed by atoms with Crippen LogP contribution in [0.4, 0.5) is 5.69 Å². The van der Waals surface area contributed by atoms with Gasteiger partial charge in [0.15, 0.2) is 5.75 Å². The molecule has 1 fully saturated rings. The first-order valence-corrected chi connectivity index (χ1v) is 25.3. The maximum Gasteiger partial charge on any atom is 0.312 e. The lowest BCUT2D eigenvalue weighted by Gasteiger charge is -2.38. The molecule has 19 heteroatoms. The van der Waals surface area contributed by atoms with E-state index in [4.69, 9.17) is 23.9 Å². The smallest absolute Gasteiger partial charge is 0.312 e. The lowest BCUT2D eigenvalue weighted by Crippen LogP contribution is -2.47. The minimum Gasteiger partial charge on any atom is -0.507 e. The quantitative estimate of drug-likeness (QED) is 0.0839. The summed E-state index contributed by atoms with van der Waals surface area (Å²) in [5.74, 6) is -7.99. The zero-order valence-electron chi connectivity index (χ0n) is 42.2. The van der Waals surface area contributed by atoms with Crippen molar-refractivity contribution >= 4 is 62.6 Å². The van der Waals surface area contributed by atoms with Crippen LogP contribution in [0.25, 0.3) is 10.8 Å². The Hall–Kier alpha value is -4.67. The molecule has 4 aliphatic rings. The maximum atomic E-state index is 14.9. The number of benzene rings is 2. The second-order valence-corrected chi connectivity index (χ2v) is 22.0. The minimum atomic E-state index is -2.00. The number of ether oxygens (including phenoxy) is 4. The molecule has 2 aromatic rings. The van der Waals surface area contributed by atoms with Crippen LogP contribution < -0.4 is 26.1 Å². The number of rotatable bonds is 10. The van der Waals surface area contributed by atoms with Crippen LogP contribution in [0, 0.1) is 30.6 Å². The summed E-state index contributed by atoms with van der Waals surface area (Å²) in [6.45, 7) is 16.9. The Morgan fingerprint density at radius 1 is 1.00 bits per heavy atom. The number of aromatic hydroxyl groups is 2. The molecule has 0 saturated carbocycles. The number of likely N-dealkylation sites (tertiary alicyclic amines) is 1. The molecule has 10 atom stereocenters. The number of carbonyl (C=O) groups is 4. The van der Waals surface area contributed by atoms with Crippen molar-refractivity contribution < 1.29 is 58.6 Å². The highest BCUT2D eigenvalue weighted by Crippen LogP contribution is 2.51. The molecule has 1 unspecified atom stereocenters. The first-order valence-electron chi connectivity index (χ1n) is 24.1. The van der Waals surface area contributed by atoms with Crippen molar-refractivity contribution in [3.63, 3.8) is 0 Å². The lowest BCUT2D eigenvalue weighted by molar-refractivity contribution is -0.164. The predicted octanol–water partition coefficient (Wildman–Crippen LogP) is 4.36. The first-order chi connectivity index (χ1) is 32.9. The molecule has 4 bridgehead atoms. The van der Waals surface area contributed by atoms with E-state index in [1.807, 2.05) is 19.0 Å². The zero-order chi connectivity index (χ0) is 51.6. The van der Waals surface area contributed by atoms with Gasteiger partial charge in [0, 0.05) is 110 Å². The average molecular weight is 1090 g/mol. The number of nitrogens with one attached hydrogen (secondary N) is 2. The van der Waals surface area contributed by atoms with Crippen molar-refractivity contribution in [3.05, 3.63) is 58.0 Å². The number of phenolic OH excluding ortho intramolecular Hbond substituents is 2. The monoisotopic (exact) mass is 1090 g/mol. The zero-order valence-corrected chi connectivity index (χ0v) is 44.3. The number of ketones is 1. The number of hydrogen-bond acceptors (Lipinski definition) is 16. The third-order valence-electron chi connectivity index (χ3n) is 14.2. The van der Waals surface area contributed by atoms with E-state index in [1.165, 1.54) is 32.4 Å². The molecule has 18 nitrogen and oxygen atoms in total. The Bertz CT molecular complexity index is 2560. The number of piperidine rings is 1. The molecule has 0 radical (unpaired) electrons. The number of fused-ring (bicyclic) bond motifs is 1. The number of hydrogen-bond donors (Lipinski definition) is 6. The highest BCUT2D eigenvalue weighted by molar-refractivity contribution is 14.1. The summed E-state index contributed by atoms with van der Waals surface area (Å²) in [7, 11) is 5.21. The van der Waals surface area contributed by atoms with Crippen molar-refractivity contribution in [1.82, 2.24) is 15.1 Å². The van der Waals surface area contributed by atoms with Crippen LogP contribution in [0.2, 0.25) is 0 Å². The fraction of sp³-hybridized carbons (Fsp3) is 0.608. The molecule has 4 aliphatic heterocycles. The SMILES string of the molecule is CO[C@H]1/C=C/O[C@@]2(C)Oc3c(C)c(O)c4c(O)c(c5c(c4c3C2=O)NC2(CCN(CC(C)I)CC2)N=5)=NC(=O)/C(C)=C\C=C\[C@H](C)[C@H](O)[C@@H](C)[C@@H](O)[C@@H](C)[C@H](OC(=O)CCC(=O)NCCN(C)C)[C@@H]1C. The molecule has 6 rings (SSSR count). The van der Waals surface area contributed by atoms with Crippen LogP contribution in [0.3, 0.4) is 0 Å². The summed E-state index contributed by atoms with van der Waals surface area (Å²) in [4.78, 5) is 68.8. The number of phenols is 2. The Balaban J connectivity index is 1.45. The number of aliphatic hydroxyl groups excluding tert-OH is 2. The van der Waals surface area contributed by atoms with Crippen LogP contribution in [0.1, 0.15) is 90.1 Å². The number of likely N-dealkylation sites (N-methyl/N-ethyl adjacent to an activating group) is 1. The summed E-state index contributed by atoms with van der Waals surface area (Å²) in [6.07, 6.45) is 4.18. The average Bonchev–Trinajstić information content (AvgIpc) is 3.81. The Kier molecular flexibility index (Phi) is 17.5. The van der Waals surface area contributed by atoms with E-state index in [1.54, 1.807) is 53.7 Å². The van der Waals surface area contributed by atoms with Crippen molar-refractivity contribution in [2.24, 2.45) is 33.7 Å². The predicted molar refractivity (Wildman–Crippen MR) is 271 cm³/mol. The van der Waals surface area contributed by atoms with Crippen LogP contribution in [-0.4, -0.2) is 148 Å². The number of methoxy groups -OCH3 is 1. The molecule has 0 aromatic heterocycles. The number of alkyl halides is 1. The maximum absolute atomic E-state index is 14.9. The van der Waals surface area contributed by atoms with Crippen molar-refractivity contribution in [3.8, 4) is 17.2 Å². The summed E-state index contributed by atoms with van der Waals surface area (Å²) in [5, 5.41) is 53.9. The fourth-order valence-electron chi connectivity index (χ4n) is 9.82. The standard InChI is InChI=1S/C51H71IN6O12/c1-26-13-12-14-27(2)49(66)54-41-40-39(55-51(56-40)18-21-58(22-19-51)25-28(3)52)36-37(45(41)64)44(63)32(7)47-38(36)48(65)50(8,70-47)68-24-17-33(67-11)29(4)46(31(6)43(62)30(5)42(26)61)69-35(60)16-15-34(59)53-20-23-57(9)10/h12-14,17,24,26,28-31,33,42-43,46,55,61-64H,15-16,18-23,25H2,1-11H3,(H,53,59)/b13-12+,24-17+,27-14-,54-41?/t26-,28?,29+,30+,31+,33-,42-,43+,46+,50-/m0/s1. The number of anilines is 1. The van der Waals surface area contributed by atoms with E-state index in [9.17, 15) is 39.6 Å². The van der Waals surface area contributed by atoms with E-state index >= 15 is 0 Å². The Morgan fingerprint density at radius 2 is 1.69 bits per heavy atom. The van der Waals surface area contributed by atoms with Gasteiger partial charge in [-0.25, -0.2) is 4.99 Å². The van der Waals surface area contributed by atoms with Crippen molar-refractivity contribution in [1.29, 1.82) is 0 Å². The van der Waals surface area contributed by atoms with Gasteiger partial charge in [-0.3, -0.25) is 24.2 Å². The van der Waals surface area contributed by atoms with Crippen LogP contribution >= 0.6 is 22.6 Å². The molecule has 384 valence electrons. The molecule has 6 N–H and O–H groups in total. The van der Waals surface area contributed by atoms with Crippen LogP contribution in [-0.2, 0) is 28.6 Å². The van der Waals surface area contributed by atoms with Gasteiger partial charge in [-0.05, 0) is 34.0 Å². The molecule has 0 aliphatic carbocycles. The van der Waals surface area contributed by atoms with Crippen LogP contribution in [0.15, 0.2) is 46.1 Å². The second-order valence-electron chi connectivity index (χ2n) is 19.9. The number of aliphatic hydroxyl groups is 2. The molecule has 2 amide bonds. The Labute approximate surface area is 423 Å². The topological polar surface area (TPSA) is 241 Å². The number of allylic oxidation sites excluding steroid dienone is 2. The minimum absolute atomic E-state index is 0.0282. The highest BCUT2D eigenvalue weighted by atomic mass is 127. The molecule has 70 heavy (non-hydrogen) atoms.